The minimum absolute atomic E-state index is 0.132. The average Bonchev–Trinajstić information content (AvgIpc) is 2.91. The molecule has 0 radical (unpaired) electrons. The summed E-state index contributed by atoms with van der Waals surface area (Å²) in [6.45, 7) is 15.4. The van der Waals surface area contributed by atoms with Crippen molar-refractivity contribution in [3.8, 4) is 6.07 Å². The normalized spacial score (nSPS) is 13.0. The molecule has 196 valence electrons. The van der Waals surface area contributed by atoms with Gasteiger partial charge in [-0.05, 0) is 68.7 Å². The van der Waals surface area contributed by atoms with E-state index in [0.29, 0.717) is 11.4 Å². The fraction of sp³-hybridized carbons (Fsp3) is 0.300. The van der Waals surface area contributed by atoms with Crippen LogP contribution in [-0.4, -0.2) is 21.9 Å². The number of hydrazine groups is 1. The molecule has 2 rings (SSSR count). The number of hydrogen-bond acceptors (Lipinski definition) is 6. The Morgan fingerprint density at radius 3 is 2.57 bits per heavy atom. The third-order valence-corrected chi connectivity index (χ3v) is 5.72. The SMILES string of the molecule is C=C/C(=C\C=C(\C)C(C)N(N)/C=C(\N)c1cccnc1)CC(=O)Nc1cccc(C(C)(C)C#N)c1.CC. The number of anilines is 1. The van der Waals surface area contributed by atoms with Gasteiger partial charge in [0.15, 0.2) is 0 Å². The first-order chi connectivity index (χ1) is 17.6. The number of nitrogens with zero attached hydrogens (tertiary/aromatic N) is 3. The molecule has 1 heterocycles. The maximum Gasteiger partial charge on any atom is 0.228 e. The number of amides is 1. The molecule has 0 aliphatic heterocycles. The third kappa shape index (κ3) is 9.79. The number of carbonyl (C=O) groups excluding carboxylic acids is 1. The number of pyridine rings is 1. The van der Waals surface area contributed by atoms with Crippen molar-refractivity contribution in [2.24, 2.45) is 11.6 Å². The van der Waals surface area contributed by atoms with Crippen LogP contribution in [0.15, 0.2) is 90.9 Å². The van der Waals surface area contributed by atoms with E-state index in [4.69, 9.17) is 11.6 Å². The maximum atomic E-state index is 12.6. The van der Waals surface area contributed by atoms with Gasteiger partial charge in [-0.2, -0.15) is 5.26 Å². The van der Waals surface area contributed by atoms with E-state index in [1.54, 1.807) is 30.7 Å². The summed E-state index contributed by atoms with van der Waals surface area (Å²) in [5.74, 6) is 6.03. The van der Waals surface area contributed by atoms with Crippen LogP contribution in [0.5, 0.6) is 0 Å². The van der Waals surface area contributed by atoms with E-state index in [2.05, 4.69) is 22.9 Å². The lowest BCUT2D eigenvalue weighted by Crippen LogP contribution is -2.36. The summed E-state index contributed by atoms with van der Waals surface area (Å²) < 4.78 is 0. The summed E-state index contributed by atoms with van der Waals surface area (Å²) in [5, 5.41) is 13.8. The van der Waals surface area contributed by atoms with Crippen LogP contribution in [-0.2, 0) is 10.2 Å². The van der Waals surface area contributed by atoms with Gasteiger partial charge in [0.05, 0.1) is 29.6 Å². The Hall–Kier alpha value is -4.15. The van der Waals surface area contributed by atoms with Crippen molar-refractivity contribution in [2.75, 3.05) is 5.32 Å². The zero-order valence-electron chi connectivity index (χ0n) is 22.8. The Morgan fingerprint density at radius 1 is 1.27 bits per heavy atom. The highest BCUT2D eigenvalue weighted by Crippen LogP contribution is 2.25. The van der Waals surface area contributed by atoms with Gasteiger partial charge in [-0.3, -0.25) is 9.78 Å². The number of aromatic nitrogens is 1. The van der Waals surface area contributed by atoms with Gasteiger partial charge in [-0.15, -0.1) is 0 Å². The number of nitriles is 1. The molecule has 0 aliphatic carbocycles. The van der Waals surface area contributed by atoms with Gasteiger partial charge >= 0.3 is 0 Å². The van der Waals surface area contributed by atoms with Crippen molar-refractivity contribution in [1.82, 2.24) is 9.99 Å². The van der Waals surface area contributed by atoms with Crippen LogP contribution in [0.2, 0.25) is 0 Å². The lowest BCUT2D eigenvalue weighted by molar-refractivity contribution is -0.115. The fourth-order valence-electron chi connectivity index (χ4n) is 3.13. The molecular formula is C30H40N6O. The van der Waals surface area contributed by atoms with E-state index in [1.807, 2.05) is 84.0 Å². The summed E-state index contributed by atoms with van der Waals surface area (Å²) in [6.07, 6.45) is 10.6. The molecule has 0 aliphatic rings. The number of benzene rings is 1. The number of hydrogen-bond donors (Lipinski definition) is 3. The predicted octanol–water partition coefficient (Wildman–Crippen LogP) is 5.82. The topological polar surface area (TPSA) is 121 Å². The Bertz CT molecular complexity index is 1170. The summed E-state index contributed by atoms with van der Waals surface area (Å²) in [5.41, 5.74) is 10.0. The molecule has 2 aromatic rings. The molecule has 37 heavy (non-hydrogen) atoms. The molecule has 0 bridgehead atoms. The number of allylic oxidation sites excluding steroid dienone is 3. The average molecular weight is 501 g/mol. The Balaban J connectivity index is 0.00000334. The lowest BCUT2D eigenvalue weighted by Gasteiger charge is -2.24. The van der Waals surface area contributed by atoms with Crippen LogP contribution in [0.4, 0.5) is 5.69 Å². The van der Waals surface area contributed by atoms with Gasteiger partial charge < -0.3 is 16.1 Å². The highest BCUT2D eigenvalue weighted by molar-refractivity contribution is 5.92. The third-order valence-electron chi connectivity index (χ3n) is 5.72. The lowest BCUT2D eigenvalue weighted by atomic mass is 9.86. The Kier molecular flexibility index (Phi) is 12.6. The van der Waals surface area contributed by atoms with Crippen LogP contribution in [0, 0.1) is 11.3 Å². The van der Waals surface area contributed by atoms with Crippen LogP contribution in [0.3, 0.4) is 0 Å². The smallest absolute Gasteiger partial charge is 0.228 e. The van der Waals surface area contributed by atoms with Crippen LogP contribution < -0.4 is 16.9 Å². The van der Waals surface area contributed by atoms with E-state index in [0.717, 1.165) is 22.3 Å². The highest BCUT2D eigenvalue weighted by atomic mass is 16.1. The monoisotopic (exact) mass is 500 g/mol. The van der Waals surface area contributed by atoms with Crippen molar-refractivity contribution in [2.45, 2.75) is 59.4 Å². The predicted molar refractivity (Wildman–Crippen MR) is 154 cm³/mol. The number of carbonyl (C=O) groups is 1. The second-order valence-electron chi connectivity index (χ2n) is 8.85. The first-order valence-corrected chi connectivity index (χ1v) is 12.3. The molecule has 0 fully saturated rings. The largest absolute Gasteiger partial charge is 0.397 e. The van der Waals surface area contributed by atoms with Gasteiger partial charge in [-0.1, -0.05) is 50.8 Å². The quantitative estimate of drug-likeness (QED) is 0.215. The van der Waals surface area contributed by atoms with E-state index >= 15 is 0 Å². The van der Waals surface area contributed by atoms with Gasteiger partial charge in [0.1, 0.15) is 0 Å². The van der Waals surface area contributed by atoms with E-state index < -0.39 is 5.41 Å². The summed E-state index contributed by atoms with van der Waals surface area (Å²) >= 11 is 0. The molecule has 1 aromatic heterocycles. The van der Waals surface area contributed by atoms with Crippen molar-refractivity contribution >= 4 is 17.3 Å². The molecule has 1 amide bonds. The summed E-state index contributed by atoms with van der Waals surface area (Å²) in [7, 11) is 0. The fourth-order valence-corrected chi connectivity index (χ4v) is 3.13. The molecular weight excluding hydrogens is 460 g/mol. The summed E-state index contributed by atoms with van der Waals surface area (Å²) in [4.78, 5) is 16.7. The van der Waals surface area contributed by atoms with Crippen LogP contribution in [0.1, 0.15) is 59.1 Å². The zero-order chi connectivity index (χ0) is 28.0. The van der Waals surface area contributed by atoms with E-state index in [-0.39, 0.29) is 18.4 Å². The van der Waals surface area contributed by atoms with Crippen molar-refractivity contribution in [3.05, 3.63) is 102 Å². The van der Waals surface area contributed by atoms with Crippen molar-refractivity contribution in [3.63, 3.8) is 0 Å². The number of nitrogens with one attached hydrogen (secondary N) is 1. The Labute approximate surface area is 221 Å². The molecule has 1 unspecified atom stereocenters. The molecule has 1 atom stereocenters. The van der Waals surface area contributed by atoms with Crippen LogP contribution in [0.25, 0.3) is 5.70 Å². The molecule has 0 saturated heterocycles. The van der Waals surface area contributed by atoms with Gasteiger partial charge in [-0.25, -0.2) is 5.84 Å². The van der Waals surface area contributed by atoms with E-state index in [1.165, 1.54) is 5.01 Å². The van der Waals surface area contributed by atoms with Crippen molar-refractivity contribution < 1.29 is 4.79 Å². The highest BCUT2D eigenvalue weighted by Gasteiger charge is 2.20. The Morgan fingerprint density at radius 2 is 1.97 bits per heavy atom. The second kappa shape index (κ2) is 15.1. The first-order valence-electron chi connectivity index (χ1n) is 12.3. The van der Waals surface area contributed by atoms with Crippen molar-refractivity contribution in [1.29, 1.82) is 5.26 Å². The standard InChI is InChI=1S/C28H34N6O.C2H6/c1-6-22(15-27(35)33-25-11-7-10-24(16-25)28(4,5)19-29)13-12-20(2)21(3)34(31)18-26(30)23-9-8-14-32-17-23;1-2/h6-14,16-18,21H,1,15,30-31H2,2-5H3,(H,33,35);1-2H3/b20-12-,22-13+,26-18-;. The molecule has 0 spiro atoms. The van der Waals surface area contributed by atoms with Gasteiger partial charge in [0, 0.05) is 29.8 Å². The van der Waals surface area contributed by atoms with E-state index in [9.17, 15) is 10.1 Å². The van der Waals surface area contributed by atoms with Crippen LogP contribution >= 0.6 is 0 Å². The molecule has 7 heteroatoms. The molecule has 7 nitrogen and oxygen atoms in total. The summed E-state index contributed by atoms with van der Waals surface area (Å²) in [6, 6.07) is 13.2. The van der Waals surface area contributed by atoms with Gasteiger partial charge in [0.25, 0.3) is 0 Å². The molecule has 5 N–H and O–H groups in total. The first kappa shape index (κ1) is 30.9. The zero-order valence-corrected chi connectivity index (χ0v) is 22.8. The molecule has 0 saturated carbocycles. The second-order valence-corrected chi connectivity index (χ2v) is 8.85. The van der Waals surface area contributed by atoms with Gasteiger partial charge in [0.2, 0.25) is 5.91 Å². The number of nitrogens with two attached hydrogens (primary N) is 2. The minimum Gasteiger partial charge on any atom is -0.397 e. The minimum atomic E-state index is -0.638. The maximum absolute atomic E-state index is 12.6. The molecule has 1 aromatic carbocycles. The number of rotatable bonds is 10.